The summed E-state index contributed by atoms with van der Waals surface area (Å²) in [5.74, 6) is 0.806. The maximum Gasteiger partial charge on any atom is 0.245 e. The summed E-state index contributed by atoms with van der Waals surface area (Å²) < 4.78 is 5.94. The van der Waals surface area contributed by atoms with Crippen molar-refractivity contribution in [3.05, 3.63) is 108 Å². The number of benzene rings is 3. The molecule has 0 fully saturated rings. The van der Waals surface area contributed by atoms with Crippen LogP contribution in [0.4, 0.5) is 0 Å². The van der Waals surface area contributed by atoms with Gasteiger partial charge in [0.2, 0.25) is 5.91 Å². The van der Waals surface area contributed by atoms with Gasteiger partial charge in [0.25, 0.3) is 0 Å². The van der Waals surface area contributed by atoms with Gasteiger partial charge >= 0.3 is 0 Å². The topological polar surface area (TPSA) is 70.2 Å². The summed E-state index contributed by atoms with van der Waals surface area (Å²) in [5.41, 5.74) is 7.06. The van der Waals surface area contributed by atoms with E-state index in [4.69, 9.17) is 4.74 Å². The Morgan fingerprint density at radius 1 is 1.00 bits per heavy atom. The summed E-state index contributed by atoms with van der Waals surface area (Å²) in [6.07, 6.45) is 6.17. The van der Waals surface area contributed by atoms with Gasteiger partial charge in [0.05, 0.1) is 11.7 Å². The number of hydrogen-bond donors (Lipinski definition) is 2. The molecule has 0 saturated heterocycles. The Hall–Kier alpha value is -3.87. The van der Waals surface area contributed by atoms with Gasteiger partial charge in [0, 0.05) is 38.6 Å². The Bertz CT molecular complexity index is 1380. The zero-order valence-corrected chi connectivity index (χ0v) is 22.9. The van der Waals surface area contributed by atoms with Crippen LogP contribution in [0, 0.1) is 0 Å². The van der Waals surface area contributed by atoms with Crippen LogP contribution in [0.1, 0.15) is 30.0 Å². The van der Waals surface area contributed by atoms with E-state index >= 15 is 0 Å². The van der Waals surface area contributed by atoms with E-state index in [2.05, 4.69) is 83.1 Å². The molecule has 2 N–H and O–H groups in total. The number of nitrogens with zero attached hydrogens (tertiary/aromatic N) is 2. The van der Waals surface area contributed by atoms with Crippen molar-refractivity contribution in [2.45, 2.75) is 13.3 Å². The van der Waals surface area contributed by atoms with Crippen LogP contribution in [-0.4, -0.2) is 54.8 Å². The number of amides is 1. The number of carbonyl (C=O) groups excluding carboxylic acids is 1. The third-order valence-corrected chi connectivity index (χ3v) is 6.16. The fourth-order valence-corrected chi connectivity index (χ4v) is 4.23. The van der Waals surface area contributed by atoms with E-state index in [1.54, 1.807) is 25.1 Å². The number of nitrogens with one attached hydrogen (secondary N) is 2. The monoisotopic (exact) mass is 530 g/mol. The number of halogens is 1. The summed E-state index contributed by atoms with van der Waals surface area (Å²) in [6, 6.07) is 25.3. The Labute approximate surface area is 230 Å². The summed E-state index contributed by atoms with van der Waals surface area (Å²) >= 11 is 0. The van der Waals surface area contributed by atoms with Gasteiger partial charge in [0.15, 0.2) is 0 Å². The lowest BCUT2D eigenvalue weighted by molar-refractivity contribution is -0.123. The number of hydrogen-bond acceptors (Lipinski definition) is 4. The lowest BCUT2D eigenvalue weighted by Gasteiger charge is -2.17. The fourth-order valence-electron chi connectivity index (χ4n) is 4.23. The first-order chi connectivity index (χ1) is 18.1. The van der Waals surface area contributed by atoms with Gasteiger partial charge in [0.1, 0.15) is 12.4 Å². The van der Waals surface area contributed by atoms with E-state index < -0.39 is 0 Å². The van der Waals surface area contributed by atoms with Crippen molar-refractivity contribution in [1.82, 2.24) is 20.4 Å². The van der Waals surface area contributed by atoms with Crippen molar-refractivity contribution in [3.8, 4) is 5.75 Å². The second kappa shape index (κ2) is 14.2. The molecule has 6 nitrogen and oxygen atoms in total. The van der Waals surface area contributed by atoms with E-state index in [0.29, 0.717) is 19.7 Å². The molecule has 1 aromatic heterocycles. The van der Waals surface area contributed by atoms with Crippen LogP contribution < -0.4 is 10.1 Å². The highest BCUT2D eigenvalue weighted by molar-refractivity contribution is 6.00. The number of carbonyl (C=O) groups is 1. The molecule has 1 heterocycles. The zero-order valence-electron chi connectivity index (χ0n) is 22.1. The Balaban J connectivity index is 0.00000400. The van der Waals surface area contributed by atoms with Crippen LogP contribution in [0.25, 0.3) is 22.0 Å². The zero-order chi connectivity index (χ0) is 26.0. The second-order valence-electron chi connectivity index (χ2n) is 8.96. The van der Waals surface area contributed by atoms with Crippen LogP contribution >= 0.6 is 12.4 Å². The molecule has 0 aliphatic carbocycles. The van der Waals surface area contributed by atoms with Gasteiger partial charge < -0.3 is 15.0 Å². The molecule has 0 bridgehead atoms. The van der Waals surface area contributed by atoms with E-state index in [0.717, 1.165) is 34.2 Å². The number of allylic oxidation sites excluding steroid dienone is 1. The smallest absolute Gasteiger partial charge is 0.245 e. The average Bonchev–Trinajstić information content (AvgIpc) is 3.40. The first-order valence-corrected chi connectivity index (χ1v) is 12.6. The molecular weight excluding hydrogens is 496 g/mol. The van der Waals surface area contributed by atoms with E-state index in [1.807, 2.05) is 24.4 Å². The Kier molecular flexibility index (Phi) is 10.7. The fraction of sp³-hybridized carbons (Fsp3) is 0.226. The number of aromatic amines is 1. The number of aromatic nitrogens is 2. The van der Waals surface area contributed by atoms with Gasteiger partial charge in [-0.15, -0.1) is 12.4 Å². The molecule has 0 radical (unpaired) electrons. The predicted molar refractivity (Wildman–Crippen MR) is 159 cm³/mol. The molecule has 38 heavy (non-hydrogen) atoms. The molecule has 0 unspecified atom stereocenters. The van der Waals surface area contributed by atoms with Crippen molar-refractivity contribution in [2.24, 2.45) is 0 Å². The maximum absolute atomic E-state index is 11.5. The van der Waals surface area contributed by atoms with Crippen molar-refractivity contribution < 1.29 is 9.53 Å². The SMILES string of the molecule is CC/C(=C(/c1ccc(OCCNC/C=C/C(=O)N(C)C)cc1)c1ccc2[nH]ncc2c1)c1ccccc1.Cl. The number of likely N-dealkylation sites (N-methyl/N-ethyl adjacent to an activating group) is 1. The van der Waals surface area contributed by atoms with E-state index in [9.17, 15) is 4.79 Å². The summed E-state index contributed by atoms with van der Waals surface area (Å²) in [5, 5.41) is 11.6. The Morgan fingerprint density at radius 3 is 2.45 bits per heavy atom. The molecule has 0 saturated carbocycles. The van der Waals surface area contributed by atoms with E-state index in [-0.39, 0.29) is 18.3 Å². The lowest BCUT2D eigenvalue weighted by Crippen LogP contribution is -2.22. The van der Waals surface area contributed by atoms with Crippen LogP contribution in [0.2, 0.25) is 0 Å². The molecule has 4 rings (SSSR count). The van der Waals surface area contributed by atoms with Crippen molar-refractivity contribution in [1.29, 1.82) is 0 Å². The Morgan fingerprint density at radius 2 is 1.74 bits per heavy atom. The number of ether oxygens (including phenoxy) is 1. The minimum Gasteiger partial charge on any atom is -0.492 e. The highest BCUT2D eigenvalue weighted by Crippen LogP contribution is 2.36. The predicted octanol–water partition coefficient (Wildman–Crippen LogP) is 5.97. The first kappa shape index (κ1) is 28.7. The standard InChI is InChI=1S/C31H34N4O2.ClH/c1-4-28(23-9-6-5-7-10-23)31(25-14-17-29-26(21-25)22-33-34-29)24-12-15-27(16-13-24)37-20-19-32-18-8-11-30(36)35(2)3;/h5-17,21-22,32H,4,18-20H2,1-3H3,(H,33,34);1H/b11-8+,31-28+;. The van der Waals surface area contributed by atoms with Crippen molar-refractivity contribution >= 4 is 40.4 Å². The van der Waals surface area contributed by atoms with Gasteiger partial charge in [-0.05, 0) is 58.5 Å². The van der Waals surface area contributed by atoms with Gasteiger partial charge in [-0.1, -0.05) is 61.5 Å². The maximum atomic E-state index is 11.5. The molecule has 0 aliphatic rings. The highest BCUT2D eigenvalue weighted by atomic mass is 35.5. The average molecular weight is 531 g/mol. The normalized spacial score (nSPS) is 11.8. The van der Waals surface area contributed by atoms with Crippen LogP contribution in [0.5, 0.6) is 5.75 Å². The minimum absolute atomic E-state index is 0. The second-order valence-corrected chi connectivity index (χ2v) is 8.96. The third kappa shape index (κ3) is 7.34. The van der Waals surface area contributed by atoms with Crippen LogP contribution in [-0.2, 0) is 4.79 Å². The number of fused-ring (bicyclic) bond motifs is 1. The molecule has 0 atom stereocenters. The molecular formula is C31H35ClN4O2. The molecule has 4 aromatic rings. The van der Waals surface area contributed by atoms with Crippen LogP contribution in [0.3, 0.4) is 0 Å². The summed E-state index contributed by atoms with van der Waals surface area (Å²) in [6.45, 7) is 4.05. The van der Waals surface area contributed by atoms with Gasteiger partial charge in [-0.3, -0.25) is 9.89 Å². The van der Waals surface area contributed by atoms with E-state index in [1.165, 1.54) is 16.7 Å². The minimum atomic E-state index is -0.0188. The van der Waals surface area contributed by atoms with Crippen molar-refractivity contribution in [2.75, 3.05) is 33.8 Å². The molecule has 7 heteroatoms. The number of rotatable bonds is 11. The molecule has 0 aliphatic heterocycles. The van der Waals surface area contributed by atoms with Crippen molar-refractivity contribution in [3.63, 3.8) is 0 Å². The molecule has 1 amide bonds. The molecule has 0 spiro atoms. The third-order valence-electron chi connectivity index (χ3n) is 6.16. The highest BCUT2D eigenvalue weighted by Gasteiger charge is 2.14. The number of H-pyrrole nitrogens is 1. The van der Waals surface area contributed by atoms with Gasteiger partial charge in [-0.2, -0.15) is 5.10 Å². The summed E-state index contributed by atoms with van der Waals surface area (Å²) in [7, 11) is 3.47. The first-order valence-electron chi connectivity index (χ1n) is 12.6. The molecule has 198 valence electrons. The van der Waals surface area contributed by atoms with Gasteiger partial charge in [-0.25, -0.2) is 0 Å². The largest absolute Gasteiger partial charge is 0.492 e. The summed E-state index contributed by atoms with van der Waals surface area (Å²) in [4.78, 5) is 13.1. The quantitative estimate of drug-likeness (QED) is 0.142. The lowest BCUT2D eigenvalue weighted by atomic mass is 9.88. The van der Waals surface area contributed by atoms with Crippen LogP contribution in [0.15, 0.2) is 91.1 Å². The molecule has 3 aromatic carbocycles.